The van der Waals surface area contributed by atoms with Gasteiger partial charge in [0.05, 0.1) is 0 Å². The van der Waals surface area contributed by atoms with Crippen LogP contribution in [0, 0.1) is 0 Å². The normalized spacial score (nSPS) is 13.2. The molecule has 0 fully saturated rings. The van der Waals surface area contributed by atoms with Crippen molar-refractivity contribution < 1.29 is 26.7 Å². The quantitative estimate of drug-likeness (QED) is 0.508. The van der Waals surface area contributed by atoms with E-state index in [0.29, 0.717) is 0 Å². The third kappa shape index (κ3) is 4.38. The molecule has 0 aliphatic heterocycles. The molecule has 0 aliphatic carbocycles. The summed E-state index contributed by atoms with van der Waals surface area (Å²) in [5, 5.41) is 0. The van der Waals surface area contributed by atoms with Crippen LogP contribution in [0.25, 0.3) is 0 Å². The number of nitrogens with zero attached hydrogens (tertiary/aromatic N) is 2. The molecule has 1 aromatic rings. The van der Waals surface area contributed by atoms with E-state index in [1.54, 1.807) is 20.8 Å². The number of hydrogen-bond donors (Lipinski definition) is 2. The number of hydrazine groups is 1. The zero-order valence-corrected chi connectivity index (χ0v) is 11.6. The van der Waals surface area contributed by atoms with Crippen molar-refractivity contribution in [3.8, 4) is 5.88 Å². The number of nitrogens with one attached hydrogen (secondary N) is 1. The average Bonchev–Trinajstić information content (AvgIpc) is 2.33. The molecule has 0 radical (unpaired) electrons. The maximum absolute atomic E-state index is 12.8. The summed E-state index contributed by atoms with van der Waals surface area (Å²) < 4.78 is 66.2. The monoisotopic (exact) mass is 314 g/mol. The van der Waals surface area contributed by atoms with Crippen LogP contribution in [0.3, 0.4) is 0 Å². The van der Waals surface area contributed by atoms with Crippen LogP contribution in [-0.4, -0.2) is 28.7 Å². The Bertz CT molecular complexity index is 498. The smallest absolute Gasteiger partial charge is 0.456 e. The molecular formula is C11H15F5N4O. The summed E-state index contributed by atoms with van der Waals surface area (Å²) in [6.07, 6.45) is -5.69. The molecule has 0 amide bonds. The van der Waals surface area contributed by atoms with Crippen LogP contribution in [0.15, 0.2) is 6.07 Å². The van der Waals surface area contributed by atoms with Crippen molar-refractivity contribution in [2.24, 2.45) is 5.84 Å². The number of halogens is 5. The van der Waals surface area contributed by atoms with Gasteiger partial charge in [-0.3, -0.25) is 0 Å². The molecule has 0 saturated heterocycles. The second-order valence-electron chi connectivity index (χ2n) is 5.30. The molecule has 5 nitrogen and oxygen atoms in total. The molecule has 0 aromatic carbocycles. The Morgan fingerprint density at radius 1 is 1.14 bits per heavy atom. The maximum atomic E-state index is 12.8. The van der Waals surface area contributed by atoms with Gasteiger partial charge in [0.2, 0.25) is 5.88 Å². The molecular weight excluding hydrogens is 299 g/mol. The van der Waals surface area contributed by atoms with Crippen LogP contribution in [0.2, 0.25) is 0 Å². The number of nitrogens with two attached hydrogens (primary N) is 1. The number of rotatable bonds is 4. The van der Waals surface area contributed by atoms with Crippen molar-refractivity contribution in [2.75, 3.05) is 12.0 Å². The first-order chi connectivity index (χ1) is 9.37. The largest absolute Gasteiger partial charge is 0.471 e. The fraction of sp³-hybridized carbons (Fsp3) is 0.636. The first kappa shape index (κ1) is 17.3. The van der Waals surface area contributed by atoms with E-state index in [-0.39, 0.29) is 11.6 Å². The zero-order valence-electron chi connectivity index (χ0n) is 11.6. The zero-order chi connectivity index (χ0) is 16.5. The lowest BCUT2D eigenvalue weighted by Gasteiger charge is -2.21. The molecule has 0 spiro atoms. The van der Waals surface area contributed by atoms with Crippen LogP contribution in [-0.2, 0) is 5.41 Å². The molecule has 10 heteroatoms. The summed E-state index contributed by atoms with van der Waals surface area (Å²) in [7, 11) is 0. The average molecular weight is 314 g/mol. The standard InChI is InChI=1S/C11H15F5N4O/c1-9(2,3)8-18-6(20-17)4-7(19-8)21-5-10(12,13)11(14,15)16/h4H,5,17H2,1-3H3,(H,18,19,20). The molecule has 0 saturated carbocycles. The van der Waals surface area contributed by atoms with E-state index in [2.05, 4.69) is 20.1 Å². The summed E-state index contributed by atoms with van der Waals surface area (Å²) in [6, 6.07) is 1.03. The highest BCUT2D eigenvalue weighted by atomic mass is 19.4. The minimum Gasteiger partial charge on any atom is -0.471 e. The minimum atomic E-state index is -5.69. The highest BCUT2D eigenvalue weighted by Crippen LogP contribution is 2.35. The highest BCUT2D eigenvalue weighted by molar-refractivity contribution is 5.38. The lowest BCUT2D eigenvalue weighted by molar-refractivity contribution is -0.290. The Kier molecular flexibility index (Phi) is 4.61. The Morgan fingerprint density at radius 2 is 1.71 bits per heavy atom. The Morgan fingerprint density at radius 3 is 2.14 bits per heavy atom. The Labute approximate surface area is 117 Å². The number of nitrogen functional groups attached to an aromatic ring is 1. The molecule has 1 aromatic heterocycles. The molecule has 0 bridgehead atoms. The molecule has 21 heavy (non-hydrogen) atoms. The number of alkyl halides is 5. The van der Waals surface area contributed by atoms with Crippen LogP contribution < -0.4 is 16.0 Å². The van der Waals surface area contributed by atoms with Crippen LogP contribution >= 0.6 is 0 Å². The van der Waals surface area contributed by atoms with Gasteiger partial charge in [0.15, 0.2) is 6.61 Å². The third-order valence-corrected chi connectivity index (χ3v) is 2.34. The van der Waals surface area contributed by atoms with Crippen molar-refractivity contribution in [2.45, 2.75) is 38.3 Å². The molecule has 120 valence electrons. The minimum absolute atomic E-state index is 0.0419. The second-order valence-corrected chi connectivity index (χ2v) is 5.30. The van der Waals surface area contributed by atoms with Gasteiger partial charge < -0.3 is 10.2 Å². The van der Waals surface area contributed by atoms with Crippen LogP contribution in [0.4, 0.5) is 27.8 Å². The van der Waals surface area contributed by atoms with Gasteiger partial charge >= 0.3 is 12.1 Å². The van der Waals surface area contributed by atoms with Crippen molar-refractivity contribution in [1.29, 1.82) is 0 Å². The highest BCUT2D eigenvalue weighted by Gasteiger charge is 2.58. The first-order valence-electron chi connectivity index (χ1n) is 5.80. The van der Waals surface area contributed by atoms with E-state index < -0.39 is 30.0 Å². The number of hydrogen-bond acceptors (Lipinski definition) is 5. The topological polar surface area (TPSA) is 73.1 Å². The lowest BCUT2D eigenvalue weighted by atomic mass is 9.96. The summed E-state index contributed by atoms with van der Waals surface area (Å²) >= 11 is 0. The summed E-state index contributed by atoms with van der Waals surface area (Å²) in [5.74, 6) is -0.0167. The van der Waals surface area contributed by atoms with Gasteiger partial charge in [0, 0.05) is 11.5 Å². The Hall–Kier alpha value is -1.71. The third-order valence-electron chi connectivity index (χ3n) is 2.34. The maximum Gasteiger partial charge on any atom is 0.456 e. The van der Waals surface area contributed by atoms with E-state index >= 15 is 0 Å². The van der Waals surface area contributed by atoms with Gasteiger partial charge in [-0.25, -0.2) is 10.8 Å². The second kappa shape index (κ2) is 5.58. The van der Waals surface area contributed by atoms with E-state index in [1.165, 1.54) is 0 Å². The Balaban J connectivity index is 2.99. The predicted molar refractivity (Wildman–Crippen MR) is 65.0 cm³/mol. The van der Waals surface area contributed by atoms with E-state index in [0.717, 1.165) is 6.07 Å². The van der Waals surface area contributed by atoms with Gasteiger partial charge in [-0.05, 0) is 0 Å². The van der Waals surface area contributed by atoms with Gasteiger partial charge in [-0.2, -0.15) is 26.9 Å². The van der Waals surface area contributed by atoms with Crippen molar-refractivity contribution in [3.05, 3.63) is 11.9 Å². The fourth-order valence-electron chi connectivity index (χ4n) is 1.15. The van der Waals surface area contributed by atoms with Gasteiger partial charge in [-0.1, -0.05) is 20.8 Å². The van der Waals surface area contributed by atoms with Gasteiger partial charge in [0.25, 0.3) is 0 Å². The molecule has 1 heterocycles. The van der Waals surface area contributed by atoms with E-state index in [9.17, 15) is 22.0 Å². The summed E-state index contributed by atoms with van der Waals surface area (Å²) in [5.41, 5.74) is 1.59. The van der Waals surface area contributed by atoms with Gasteiger partial charge in [0.1, 0.15) is 11.6 Å². The molecule has 1 rings (SSSR count). The number of aromatic nitrogens is 2. The van der Waals surface area contributed by atoms with E-state index in [4.69, 9.17) is 5.84 Å². The van der Waals surface area contributed by atoms with Crippen LogP contribution in [0.5, 0.6) is 5.88 Å². The summed E-state index contributed by atoms with van der Waals surface area (Å²) in [4.78, 5) is 7.79. The van der Waals surface area contributed by atoms with Crippen molar-refractivity contribution >= 4 is 5.82 Å². The van der Waals surface area contributed by atoms with Crippen molar-refractivity contribution in [3.63, 3.8) is 0 Å². The summed E-state index contributed by atoms with van der Waals surface area (Å²) in [6.45, 7) is 3.32. The number of ether oxygens (including phenoxy) is 1. The molecule has 0 unspecified atom stereocenters. The van der Waals surface area contributed by atoms with Crippen molar-refractivity contribution in [1.82, 2.24) is 9.97 Å². The SMILES string of the molecule is CC(C)(C)c1nc(NN)cc(OCC(F)(F)C(F)(F)F)n1. The molecule has 3 N–H and O–H groups in total. The van der Waals surface area contributed by atoms with E-state index in [1.807, 2.05) is 0 Å². The predicted octanol–water partition coefficient (Wildman–Crippen LogP) is 2.64. The molecule has 0 atom stereocenters. The fourth-order valence-corrected chi connectivity index (χ4v) is 1.15. The van der Waals surface area contributed by atoms with Gasteiger partial charge in [-0.15, -0.1) is 0 Å². The van der Waals surface area contributed by atoms with Crippen LogP contribution in [0.1, 0.15) is 26.6 Å². The number of anilines is 1. The lowest BCUT2D eigenvalue weighted by Crippen LogP contribution is -2.42. The molecule has 0 aliphatic rings. The first-order valence-corrected chi connectivity index (χ1v) is 5.80.